The Labute approximate surface area is 111 Å². The zero-order chi connectivity index (χ0) is 13.8. The molecule has 1 rings (SSSR count). The lowest BCUT2D eigenvalue weighted by molar-refractivity contribution is 0.311. The lowest BCUT2D eigenvalue weighted by atomic mass is 10.6. The molecule has 0 aliphatic heterocycles. The molecule has 0 spiro atoms. The number of rotatable bonds is 6. The van der Waals surface area contributed by atoms with Gasteiger partial charge in [-0.05, 0) is 18.5 Å². The van der Waals surface area contributed by atoms with Gasteiger partial charge in [-0.25, -0.2) is 8.42 Å². The summed E-state index contributed by atoms with van der Waals surface area (Å²) in [6.45, 7) is 2.47. The van der Waals surface area contributed by atoms with Crippen molar-refractivity contribution in [2.24, 2.45) is 0 Å². The molecule has 0 bridgehead atoms. The van der Waals surface area contributed by atoms with E-state index in [1.807, 2.05) is 0 Å². The Morgan fingerprint density at radius 3 is 2.56 bits per heavy atom. The monoisotopic (exact) mass is 294 g/mol. The predicted molar refractivity (Wildman–Crippen MR) is 69.0 cm³/mol. The zero-order valence-corrected chi connectivity index (χ0v) is 12.0. The molecule has 9 heteroatoms. The topological polar surface area (TPSA) is 85.3 Å². The maximum atomic E-state index is 11.1. The van der Waals surface area contributed by atoms with Crippen molar-refractivity contribution in [3.8, 4) is 6.01 Å². The number of halogens is 1. The quantitative estimate of drug-likeness (QED) is 0.751. The zero-order valence-electron chi connectivity index (χ0n) is 10.4. The van der Waals surface area contributed by atoms with E-state index in [9.17, 15) is 8.42 Å². The highest BCUT2D eigenvalue weighted by atomic mass is 35.5. The molecule has 0 N–H and O–H groups in total. The second kappa shape index (κ2) is 6.14. The van der Waals surface area contributed by atoms with Gasteiger partial charge in [0.2, 0.25) is 11.2 Å². The third-order valence-corrected chi connectivity index (χ3v) is 3.08. The minimum Gasteiger partial charge on any atom is -0.464 e. The molecule has 102 valence electrons. The van der Waals surface area contributed by atoms with Gasteiger partial charge in [0.15, 0.2) is 0 Å². The lowest BCUT2D eigenvalue weighted by Crippen LogP contribution is -2.26. The normalized spacial score (nSPS) is 11.3. The summed E-state index contributed by atoms with van der Waals surface area (Å²) in [5, 5.41) is 0.00894. The summed E-state index contributed by atoms with van der Waals surface area (Å²) in [5.74, 6) is 0.290. The molecule has 0 unspecified atom stereocenters. The Kier molecular flexibility index (Phi) is 5.09. The third kappa shape index (κ3) is 5.01. The first kappa shape index (κ1) is 14.9. The first-order valence-electron chi connectivity index (χ1n) is 5.25. The second-order valence-electron chi connectivity index (χ2n) is 3.67. The summed E-state index contributed by atoms with van der Waals surface area (Å²) in [5.41, 5.74) is 0. The summed E-state index contributed by atoms with van der Waals surface area (Å²) in [4.78, 5) is 13.3. The van der Waals surface area contributed by atoms with Gasteiger partial charge in [-0.1, -0.05) is 0 Å². The largest absolute Gasteiger partial charge is 0.464 e. The van der Waals surface area contributed by atoms with Crippen LogP contribution in [0.5, 0.6) is 6.01 Å². The highest BCUT2D eigenvalue weighted by molar-refractivity contribution is 7.90. The van der Waals surface area contributed by atoms with Gasteiger partial charge in [-0.2, -0.15) is 15.0 Å². The Morgan fingerprint density at radius 1 is 1.33 bits per heavy atom. The van der Waals surface area contributed by atoms with Crippen LogP contribution in [-0.4, -0.2) is 55.6 Å². The van der Waals surface area contributed by atoms with Gasteiger partial charge in [0.25, 0.3) is 0 Å². The van der Waals surface area contributed by atoms with E-state index in [0.29, 0.717) is 6.61 Å². The van der Waals surface area contributed by atoms with Crippen molar-refractivity contribution in [2.45, 2.75) is 6.92 Å². The molecular formula is C9H15ClN4O3S. The lowest BCUT2D eigenvalue weighted by Gasteiger charge is -2.16. The number of hydrogen-bond acceptors (Lipinski definition) is 7. The molecule has 0 atom stereocenters. The first-order chi connectivity index (χ1) is 8.31. The maximum absolute atomic E-state index is 11.1. The van der Waals surface area contributed by atoms with Crippen LogP contribution in [0.1, 0.15) is 6.92 Å². The van der Waals surface area contributed by atoms with Crippen molar-refractivity contribution in [3.63, 3.8) is 0 Å². The summed E-state index contributed by atoms with van der Waals surface area (Å²) >= 11 is 5.73. The third-order valence-electron chi connectivity index (χ3n) is 1.99. The van der Waals surface area contributed by atoms with Crippen LogP contribution in [-0.2, 0) is 9.84 Å². The molecule has 0 radical (unpaired) electrons. The van der Waals surface area contributed by atoms with Gasteiger partial charge in [0.1, 0.15) is 9.84 Å². The van der Waals surface area contributed by atoms with Gasteiger partial charge in [0.05, 0.1) is 12.4 Å². The summed E-state index contributed by atoms with van der Waals surface area (Å²) in [6.07, 6.45) is 1.17. The van der Waals surface area contributed by atoms with Gasteiger partial charge in [-0.3, -0.25) is 0 Å². The average Bonchev–Trinajstić information content (AvgIpc) is 2.24. The molecule has 0 aromatic carbocycles. The molecule has 0 amide bonds. The molecule has 7 nitrogen and oxygen atoms in total. The fraction of sp³-hybridized carbons (Fsp3) is 0.667. The number of aromatic nitrogens is 3. The van der Waals surface area contributed by atoms with E-state index >= 15 is 0 Å². The summed E-state index contributed by atoms with van der Waals surface area (Å²) in [6, 6.07) is 0.124. The average molecular weight is 295 g/mol. The standard InChI is InChI=1S/C9H15ClN4O3S/c1-4-17-9-12-7(10)11-8(13-9)14(2)5-6-18(3,15)16/h4-6H2,1-3H3. The smallest absolute Gasteiger partial charge is 0.322 e. The van der Waals surface area contributed by atoms with Crippen LogP contribution >= 0.6 is 11.6 Å². The molecule has 0 aliphatic carbocycles. The van der Waals surface area contributed by atoms with Crippen LogP contribution in [0.15, 0.2) is 0 Å². The van der Waals surface area contributed by atoms with E-state index in [1.54, 1.807) is 18.9 Å². The van der Waals surface area contributed by atoms with E-state index in [-0.39, 0.29) is 29.5 Å². The number of hydrogen-bond donors (Lipinski definition) is 0. The molecular weight excluding hydrogens is 280 g/mol. The van der Waals surface area contributed by atoms with E-state index in [1.165, 1.54) is 6.26 Å². The Hall–Kier alpha value is -1.15. The van der Waals surface area contributed by atoms with Crippen molar-refractivity contribution in [1.82, 2.24) is 15.0 Å². The van der Waals surface area contributed by atoms with Crippen LogP contribution in [0, 0.1) is 0 Å². The molecule has 0 aliphatic rings. The predicted octanol–water partition coefficient (Wildman–Crippen LogP) is 0.404. The van der Waals surface area contributed by atoms with Crippen molar-refractivity contribution >= 4 is 27.4 Å². The van der Waals surface area contributed by atoms with Crippen molar-refractivity contribution in [1.29, 1.82) is 0 Å². The number of nitrogens with zero attached hydrogens (tertiary/aromatic N) is 4. The minimum atomic E-state index is -3.03. The van der Waals surface area contributed by atoms with Gasteiger partial charge in [-0.15, -0.1) is 0 Å². The molecule has 18 heavy (non-hydrogen) atoms. The van der Waals surface area contributed by atoms with Gasteiger partial charge < -0.3 is 9.64 Å². The van der Waals surface area contributed by atoms with E-state index in [2.05, 4.69) is 15.0 Å². The molecule has 1 aromatic rings. The summed E-state index contributed by atoms with van der Waals surface area (Å²) < 4.78 is 27.3. The molecule has 0 fully saturated rings. The van der Waals surface area contributed by atoms with Crippen molar-refractivity contribution < 1.29 is 13.2 Å². The van der Waals surface area contributed by atoms with E-state index < -0.39 is 9.84 Å². The van der Waals surface area contributed by atoms with Crippen LogP contribution in [0.4, 0.5) is 5.95 Å². The highest BCUT2D eigenvalue weighted by Crippen LogP contribution is 2.13. The van der Waals surface area contributed by atoms with Crippen LogP contribution in [0.2, 0.25) is 5.28 Å². The Balaban J connectivity index is 2.81. The molecule has 1 aromatic heterocycles. The van der Waals surface area contributed by atoms with Crippen LogP contribution in [0.25, 0.3) is 0 Å². The Morgan fingerprint density at radius 2 is 2.00 bits per heavy atom. The van der Waals surface area contributed by atoms with Gasteiger partial charge >= 0.3 is 6.01 Å². The first-order valence-corrected chi connectivity index (χ1v) is 7.69. The van der Waals surface area contributed by atoms with Crippen LogP contribution < -0.4 is 9.64 Å². The van der Waals surface area contributed by atoms with E-state index in [4.69, 9.17) is 16.3 Å². The second-order valence-corrected chi connectivity index (χ2v) is 6.27. The molecule has 1 heterocycles. The van der Waals surface area contributed by atoms with Crippen molar-refractivity contribution in [3.05, 3.63) is 5.28 Å². The maximum Gasteiger partial charge on any atom is 0.322 e. The fourth-order valence-electron chi connectivity index (χ4n) is 1.09. The fourth-order valence-corrected chi connectivity index (χ4v) is 1.84. The number of ether oxygens (including phenoxy) is 1. The van der Waals surface area contributed by atoms with Gasteiger partial charge in [0, 0.05) is 19.8 Å². The Bertz CT molecular complexity index is 509. The van der Waals surface area contributed by atoms with Crippen LogP contribution in [0.3, 0.4) is 0 Å². The minimum absolute atomic E-state index is 0.00894. The van der Waals surface area contributed by atoms with E-state index in [0.717, 1.165) is 0 Å². The molecule has 0 saturated heterocycles. The number of anilines is 1. The molecule has 0 saturated carbocycles. The number of sulfone groups is 1. The highest BCUT2D eigenvalue weighted by Gasteiger charge is 2.12. The summed E-state index contributed by atoms with van der Waals surface area (Å²) in [7, 11) is -1.36. The van der Waals surface area contributed by atoms with Crippen molar-refractivity contribution in [2.75, 3.05) is 37.1 Å². The SMILES string of the molecule is CCOc1nc(Cl)nc(N(C)CCS(C)(=O)=O)n1.